The maximum absolute atomic E-state index is 13.6. The molecule has 45 heavy (non-hydrogen) atoms. The molecule has 4 rings (SSSR count). The molecule has 0 aliphatic rings. The van der Waals surface area contributed by atoms with Crippen LogP contribution in [0.4, 0.5) is 23.8 Å². The number of hydrogen-bond acceptors (Lipinski definition) is 7. The molecule has 3 heterocycles. The second kappa shape index (κ2) is 12.6. The Bertz CT molecular complexity index is 1750. The van der Waals surface area contributed by atoms with Crippen molar-refractivity contribution in [2.75, 3.05) is 5.32 Å². The van der Waals surface area contributed by atoms with Gasteiger partial charge in [-0.3, -0.25) is 10.3 Å². The zero-order valence-corrected chi connectivity index (χ0v) is 28.1. The van der Waals surface area contributed by atoms with Crippen LogP contribution < -0.4 is 10.0 Å². The number of aliphatic hydroxyl groups is 1. The molecule has 0 aliphatic heterocycles. The van der Waals surface area contributed by atoms with E-state index in [1.165, 1.54) is 29.7 Å². The molecule has 0 aliphatic carbocycles. The van der Waals surface area contributed by atoms with Gasteiger partial charge < -0.3 is 9.84 Å². The van der Waals surface area contributed by atoms with Gasteiger partial charge in [-0.05, 0) is 89.7 Å². The Kier molecular flexibility index (Phi) is 9.73. The summed E-state index contributed by atoms with van der Waals surface area (Å²) in [7, 11) is -1.59. The van der Waals surface area contributed by atoms with Gasteiger partial charge in [-0.15, -0.1) is 11.3 Å². The molecule has 3 aromatic heterocycles. The van der Waals surface area contributed by atoms with Gasteiger partial charge in [-0.2, -0.15) is 13.2 Å². The largest absolute Gasteiger partial charge is 0.444 e. The van der Waals surface area contributed by atoms with Crippen LogP contribution in [0.2, 0.25) is 5.02 Å². The quantitative estimate of drug-likeness (QED) is 0.181. The minimum atomic E-state index is -4.89. The van der Waals surface area contributed by atoms with E-state index in [4.69, 9.17) is 16.3 Å². The lowest BCUT2D eigenvalue weighted by Gasteiger charge is -2.26. The topological polar surface area (TPSA) is 113 Å². The Balaban J connectivity index is 1.83. The van der Waals surface area contributed by atoms with Crippen molar-refractivity contribution < 1.29 is 32.0 Å². The highest BCUT2D eigenvalue weighted by Crippen LogP contribution is 2.42. The van der Waals surface area contributed by atoms with E-state index in [0.717, 1.165) is 11.5 Å². The SMILES string of the molecule is CC(C)(C)OC(=O)Nc1ccc(Cl)c(C(N[S@@](=O)C(C)(C)C)c2cc3cccc(-c4cc([C@](C)(O)C(F)(F)F)ccn4)c3s2)n1. The zero-order chi connectivity index (χ0) is 33.5. The third-order valence-electron chi connectivity index (χ3n) is 6.55. The molecule has 8 nitrogen and oxygen atoms in total. The van der Waals surface area contributed by atoms with Gasteiger partial charge in [0.2, 0.25) is 0 Å². The molecule has 0 bridgehead atoms. The molecule has 14 heteroatoms. The highest BCUT2D eigenvalue weighted by Gasteiger charge is 2.51. The third kappa shape index (κ3) is 8.01. The molecule has 0 spiro atoms. The van der Waals surface area contributed by atoms with Gasteiger partial charge in [-0.1, -0.05) is 29.8 Å². The summed E-state index contributed by atoms with van der Waals surface area (Å²) in [6.45, 7) is 11.3. The maximum Gasteiger partial charge on any atom is 0.421 e. The minimum Gasteiger partial charge on any atom is -0.444 e. The summed E-state index contributed by atoms with van der Waals surface area (Å²) in [5, 5.41) is 13.9. The average molecular weight is 683 g/mol. The molecular formula is C31H34ClF3N4O4S2. The Morgan fingerprint density at radius 3 is 2.36 bits per heavy atom. The number of anilines is 1. The molecule has 0 saturated carbocycles. The molecule has 0 radical (unpaired) electrons. The maximum atomic E-state index is 13.6. The van der Waals surface area contributed by atoms with E-state index in [2.05, 4.69) is 20.0 Å². The van der Waals surface area contributed by atoms with E-state index in [1.54, 1.807) is 59.7 Å². The van der Waals surface area contributed by atoms with Gasteiger partial charge >= 0.3 is 12.3 Å². The fraction of sp³-hybridized carbons (Fsp3) is 0.387. The van der Waals surface area contributed by atoms with Gasteiger partial charge in [0.15, 0.2) is 5.60 Å². The van der Waals surface area contributed by atoms with Gasteiger partial charge in [0.1, 0.15) is 11.4 Å². The van der Waals surface area contributed by atoms with Crippen LogP contribution in [0, 0.1) is 0 Å². The van der Waals surface area contributed by atoms with E-state index in [-0.39, 0.29) is 27.8 Å². The first-order valence-corrected chi connectivity index (χ1v) is 16.1. The highest BCUT2D eigenvalue weighted by molar-refractivity contribution is 7.84. The lowest BCUT2D eigenvalue weighted by atomic mass is 9.94. The number of nitrogens with zero attached hydrogens (tertiary/aromatic N) is 2. The first-order chi connectivity index (χ1) is 20.7. The molecule has 1 amide bonds. The summed E-state index contributed by atoms with van der Waals surface area (Å²) in [5.41, 5.74) is -3.10. The van der Waals surface area contributed by atoms with Crippen LogP contribution in [0.1, 0.15) is 70.6 Å². The van der Waals surface area contributed by atoms with Crippen molar-refractivity contribution in [2.24, 2.45) is 0 Å². The number of carbonyl (C=O) groups excluding carboxylic acids is 1. The van der Waals surface area contributed by atoms with Gasteiger partial charge in [0.05, 0.1) is 38.2 Å². The summed E-state index contributed by atoms with van der Waals surface area (Å²) in [5.74, 6) is 0.163. The molecule has 1 unspecified atom stereocenters. The smallest absolute Gasteiger partial charge is 0.421 e. The van der Waals surface area contributed by atoms with Crippen LogP contribution >= 0.6 is 22.9 Å². The number of thiophene rings is 1. The first-order valence-electron chi connectivity index (χ1n) is 13.8. The number of hydrogen-bond donors (Lipinski definition) is 3. The number of rotatable bonds is 7. The number of halogens is 4. The van der Waals surface area contributed by atoms with E-state index >= 15 is 0 Å². The van der Waals surface area contributed by atoms with Crippen LogP contribution in [0.15, 0.2) is 54.7 Å². The molecule has 242 valence electrons. The van der Waals surface area contributed by atoms with Gasteiger partial charge in [-0.25, -0.2) is 18.7 Å². The molecule has 0 fully saturated rings. The Labute approximate surface area is 271 Å². The number of nitrogens with one attached hydrogen (secondary N) is 2. The van der Waals surface area contributed by atoms with E-state index in [9.17, 15) is 27.3 Å². The van der Waals surface area contributed by atoms with Crippen molar-refractivity contribution in [1.29, 1.82) is 0 Å². The van der Waals surface area contributed by atoms with Crippen LogP contribution in [0.3, 0.4) is 0 Å². The monoisotopic (exact) mass is 682 g/mol. The number of benzene rings is 1. The Morgan fingerprint density at radius 1 is 1.04 bits per heavy atom. The number of alkyl halides is 3. The molecule has 3 N–H and O–H groups in total. The lowest BCUT2D eigenvalue weighted by Crippen LogP contribution is -2.39. The summed E-state index contributed by atoms with van der Waals surface area (Å²) < 4.78 is 62.7. The van der Waals surface area contributed by atoms with Crippen molar-refractivity contribution in [3.63, 3.8) is 0 Å². The standard InChI is InChI=1S/C31H34ClF3N4O4S2/c1-28(2,3)43-27(40)38-23-12-11-20(32)24(37-23)25(39-45(42)29(4,5)6)22-15-17-9-8-10-19(26(17)44-22)21-16-18(13-14-36-21)30(7,41)31(33,34)35/h8-16,25,39,41H,1-7H3,(H,37,38,40)/t25?,30-,45-/m0/s1. The van der Waals surface area contributed by atoms with Crippen molar-refractivity contribution in [3.05, 3.63) is 75.9 Å². The normalized spacial score (nSPS) is 15.4. The summed E-state index contributed by atoms with van der Waals surface area (Å²) in [6.07, 6.45) is -4.38. The van der Waals surface area contributed by atoms with Gasteiger partial charge in [0.25, 0.3) is 0 Å². The van der Waals surface area contributed by atoms with Gasteiger partial charge in [0, 0.05) is 21.3 Å². The predicted molar refractivity (Wildman–Crippen MR) is 173 cm³/mol. The van der Waals surface area contributed by atoms with E-state index < -0.39 is 45.2 Å². The number of aromatic nitrogens is 2. The predicted octanol–water partition coefficient (Wildman–Crippen LogP) is 8.27. The van der Waals surface area contributed by atoms with Crippen molar-refractivity contribution in [1.82, 2.24) is 14.7 Å². The third-order valence-corrected chi connectivity index (χ3v) is 9.69. The number of fused-ring (bicyclic) bond motifs is 1. The summed E-state index contributed by atoms with van der Waals surface area (Å²) in [6, 6.07) is 11.8. The number of amides is 1. The first kappa shape index (κ1) is 34.8. The molecule has 4 aromatic rings. The fourth-order valence-corrected chi connectivity index (χ4v) is 6.47. The average Bonchev–Trinajstić information content (AvgIpc) is 3.35. The van der Waals surface area contributed by atoms with Crippen LogP contribution in [0.25, 0.3) is 21.3 Å². The highest BCUT2D eigenvalue weighted by atomic mass is 35.5. The second-order valence-corrected chi connectivity index (χ2v) is 16.0. The van der Waals surface area contributed by atoms with Crippen molar-refractivity contribution >= 4 is 55.9 Å². The van der Waals surface area contributed by atoms with Crippen LogP contribution in [-0.4, -0.2) is 41.9 Å². The number of ether oxygens (including phenoxy) is 1. The fourth-order valence-electron chi connectivity index (χ4n) is 4.14. The van der Waals surface area contributed by atoms with Crippen LogP contribution in [0.5, 0.6) is 0 Å². The zero-order valence-electron chi connectivity index (χ0n) is 25.7. The number of carbonyl (C=O) groups is 1. The summed E-state index contributed by atoms with van der Waals surface area (Å²) >= 11 is 7.94. The number of pyridine rings is 2. The molecule has 0 saturated heterocycles. The summed E-state index contributed by atoms with van der Waals surface area (Å²) in [4.78, 5) is 22.0. The van der Waals surface area contributed by atoms with E-state index in [0.29, 0.717) is 22.1 Å². The van der Waals surface area contributed by atoms with Crippen LogP contribution in [-0.2, 0) is 21.3 Å². The lowest BCUT2D eigenvalue weighted by molar-refractivity contribution is -0.258. The van der Waals surface area contributed by atoms with Crippen molar-refractivity contribution in [3.8, 4) is 11.3 Å². The molecule has 1 aromatic carbocycles. The Hall–Kier alpha value is -3.10. The Morgan fingerprint density at radius 2 is 1.73 bits per heavy atom. The minimum absolute atomic E-state index is 0.163. The molecular weight excluding hydrogens is 649 g/mol. The molecule has 3 atom stereocenters. The van der Waals surface area contributed by atoms with E-state index in [1.807, 2.05) is 12.1 Å². The second-order valence-electron chi connectivity index (χ2n) is 12.5. The van der Waals surface area contributed by atoms with Crippen molar-refractivity contribution in [2.45, 2.75) is 76.6 Å².